The molecule has 0 spiro atoms. The fraction of sp³-hybridized carbons (Fsp3) is 0.333. The van der Waals surface area contributed by atoms with Crippen LogP contribution < -0.4 is 0 Å². The van der Waals surface area contributed by atoms with Gasteiger partial charge < -0.3 is 4.74 Å². The summed E-state index contributed by atoms with van der Waals surface area (Å²) in [6.07, 6.45) is -3.19. The predicted octanol–water partition coefficient (Wildman–Crippen LogP) is 2.48. The summed E-state index contributed by atoms with van der Waals surface area (Å²) in [4.78, 5) is 14.6. The highest BCUT2D eigenvalue weighted by molar-refractivity contribution is 14.1. The maximum atomic E-state index is 13.2. The van der Waals surface area contributed by atoms with Gasteiger partial charge in [0.25, 0.3) is 6.43 Å². The van der Waals surface area contributed by atoms with Crippen molar-refractivity contribution in [3.05, 3.63) is 26.8 Å². The van der Waals surface area contributed by atoms with Gasteiger partial charge >= 0.3 is 5.97 Å². The van der Waals surface area contributed by atoms with Crippen molar-refractivity contribution in [3.8, 4) is 0 Å². The summed E-state index contributed by atoms with van der Waals surface area (Å²) in [7, 11) is 1.17. The molecular formula is C9H7F3INO2. The van der Waals surface area contributed by atoms with Gasteiger partial charge in [-0.2, -0.15) is 0 Å². The maximum Gasteiger partial charge on any atom is 0.311 e. The van der Waals surface area contributed by atoms with Crippen LogP contribution in [-0.2, 0) is 16.0 Å². The Balaban J connectivity index is 3.09. The second-order valence-corrected chi connectivity index (χ2v) is 3.88. The van der Waals surface area contributed by atoms with Crippen molar-refractivity contribution in [1.29, 1.82) is 0 Å². The molecule has 16 heavy (non-hydrogen) atoms. The first-order valence-electron chi connectivity index (χ1n) is 4.15. The number of nitrogens with zero attached hydrogens (tertiary/aromatic N) is 1. The Kier molecular flexibility index (Phi) is 4.51. The molecule has 1 rings (SSSR count). The molecule has 0 aliphatic carbocycles. The number of hydrogen-bond donors (Lipinski definition) is 0. The highest BCUT2D eigenvalue weighted by Crippen LogP contribution is 2.25. The number of halogens is 4. The number of carbonyl (C=O) groups excluding carboxylic acids is 1. The molecular weight excluding hydrogens is 338 g/mol. The highest BCUT2D eigenvalue weighted by Gasteiger charge is 2.19. The molecule has 7 heteroatoms. The van der Waals surface area contributed by atoms with E-state index in [1.165, 1.54) is 29.7 Å². The minimum absolute atomic E-state index is 0.0629. The quantitative estimate of drug-likeness (QED) is 0.480. The van der Waals surface area contributed by atoms with E-state index in [1.54, 1.807) is 0 Å². The Morgan fingerprint density at radius 3 is 2.75 bits per heavy atom. The van der Waals surface area contributed by atoms with Crippen molar-refractivity contribution < 1.29 is 22.7 Å². The molecule has 1 heterocycles. The van der Waals surface area contributed by atoms with Crippen LogP contribution in [-0.4, -0.2) is 18.1 Å². The van der Waals surface area contributed by atoms with Crippen LogP contribution in [0.2, 0.25) is 0 Å². The Bertz CT molecular complexity index is 412. The van der Waals surface area contributed by atoms with Crippen molar-refractivity contribution >= 4 is 28.6 Å². The molecule has 0 N–H and O–H groups in total. The molecule has 0 unspecified atom stereocenters. The van der Waals surface area contributed by atoms with Crippen LogP contribution >= 0.6 is 22.6 Å². The van der Waals surface area contributed by atoms with Crippen LogP contribution in [0.15, 0.2) is 6.07 Å². The minimum Gasteiger partial charge on any atom is -0.469 e. The Labute approximate surface area is 103 Å². The van der Waals surface area contributed by atoms with Gasteiger partial charge in [0.15, 0.2) is 5.82 Å². The van der Waals surface area contributed by atoms with E-state index in [2.05, 4.69) is 9.72 Å². The van der Waals surface area contributed by atoms with Gasteiger partial charge in [-0.05, 0) is 28.7 Å². The van der Waals surface area contributed by atoms with E-state index in [1.807, 2.05) is 0 Å². The van der Waals surface area contributed by atoms with Crippen LogP contribution in [0.4, 0.5) is 13.2 Å². The number of rotatable bonds is 3. The van der Waals surface area contributed by atoms with Crippen molar-refractivity contribution in [2.24, 2.45) is 0 Å². The number of ether oxygens (including phenoxy) is 1. The van der Waals surface area contributed by atoms with Crippen LogP contribution in [0.3, 0.4) is 0 Å². The van der Waals surface area contributed by atoms with Crippen molar-refractivity contribution in [3.63, 3.8) is 0 Å². The lowest BCUT2D eigenvalue weighted by Gasteiger charge is -2.06. The second-order valence-electron chi connectivity index (χ2n) is 2.86. The highest BCUT2D eigenvalue weighted by atomic mass is 127. The van der Waals surface area contributed by atoms with E-state index >= 15 is 0 Å². The summed E-state index contributed by atoms with van der Waals surface area (Å²) in [5, 5.41) is 0. The average molecular weight is 345 g/mol. The molecule has 0 fully saturated rings. The zero-order valence-electron chi connectivity index (χ0n) is 8.14. The molecule has 0 amide bonds. The van der Waals surface area contributed by atoms with Gasteiger partial charge in [-0.25, -0.2) is 18.2 Å². The lowest BCUT2D eigenvalue weighted by molar-refractivity contribution is -0.139. The van der Waals surface area contributed by atoms with Gasteiger partial charge in [0.05, 0.1) is 24.8 Å². The van der Waals surface area contributed by atoms with E-state index in [9.17, 15) is 18.0 Å². The molecule has 88 valence electrons. The normalized spacial score (nSPS) is 10.6. The monoisotopic (exact) mass is 345 g/mol. The first-order valence-corrected chi connectivity index (χ1v) is 5.23. The smallest absolute Gasteiger partial charge is 0.311 e. The number of pyridine rings is 1. The Morgan fingerprint density at radius 1 is 1.62 bits per heavy atom. The number of aromatic nitrogens is 1. The largest absolute Gasteiger partial charge is 0.469 e. The van der Waals surface area contributed by atoms with E-state index in [0.717, 1.165) is 6.07 Å². The van der Waals surface area contributed by atoms with Gasteiger partial charge in [-0.3, -0.25) is 4.79 Å². The number of alkyl halides is 2. The van der Waals surface area contributed by atoms with Gasteiger partial charge in [0.1, 0.15) is 3.70 Å². The lowest BCUT2D eigenvalue weighted by Crippen LogP contribution is -2.09. The zero-order valence-corrected chi connectivity index (χ0v) is 10.3. The third-order valence-corrected chi connectivity index (χ3v) is 2.50. The fourth-order valence-electron chi connectivity index (χ4n) is 1.04. The van der Waals surface area contributed by atoms with E-state index in [0.29, 0.717) is 0 Å². The first kappa shape index (κ1) is 13.2. The third kappa shape index (κ3) is 3.06. The first-order chi connectivity index (χ1) is 7.45. The third-order valence-electron chi connectivity index (χ3n) is 1.79. The van der Waals surface area contributed by atoms with Gasteiger partial charge in [-0.15, -0.1) is 0 Å². The number of carbonyl (C=O) groups is 1. The number of hydrogen-bond acceptors (Lipinski definition) is 3. The standard InChI is InChI=1S/C9H7F3INO2/c1-16-6(15)3-4-2-5(8(11)12)7(10)9(13)14-4/h2,8H,3H2,1H3. The van der Waals surface area contributed by atoms with Crippen molar-refractivity contribution in [2.75, 3.05) is 7.11 Å². The van der Waals surface area contributed by atoms with E-state index in [4.69, 9.17) is 0 Å². The molecule has 0 saturated heterocycles. The summed E-state index contributed by atoms with van der Waals surface area (Å²) in [6, 6.07) is 0.874. The van der Waals surface area contributed by atoms with Crippen LogP contribution in [0, 0.1) is 9.52 Å². The molecule has 3 nitrogen and oxygen atoms in total. The van der Waals surface area contributed by atoms with E-state index < -0.39 is 23.8 Å². The van der Waals surface area contributed by atoms with Crippen molar-refractivity contribution in [2.45, 2.75) is 12.8 Å². The molecule has 1 aromatic rings. The van der Waals surface area contributed by atoms with Crippen molar-refractivity contribution in [1.82, 2.24) is 4.98 Å². The molecule has 1 aromatic heterocycles. The molecule has 0 radical (unpaired) electrons. The molecule has 0 aliphatic heterocycles. The fourth-order valence-corrected chi connectivity index (χ4v) is 1.66. The van der Waals surface area contributed by atoms with Gasteiger partial charge in [0, 0.05) is 0 Å². The van der Waals surface area contributed by atoms with E-state index in [-0.39, 0.29) is 15.8 Å². The number of methoxy groups -OCH3 is 1. The number of esters is 1. The summed E-state index contributed by atoms with van der Waals surface area (Å²) in [5.41, 5.74) is -0.689. The second kappa shape index (κ2) is 5.46. The molecule has 0 atom stereocenters. The summed E-state index contributed by atoms with van der Waals surface area (Å²) in [5.74, 6) is -1.67. The lowest BCUT2D eigenvalue weighted by atomic mass is 10.2. The Hall–Kier alpha value is -0.860. The SMILES string of the molecule is COC(=O)Cc1cc(C(F)F)c(F)c(I)n1. The predicted molar refractivity (Wildman–Crippen MR) is 57.6 cm³/mol. The summed E-state index contributed by atoms with van der Waals surface area (Å²) >= 11 is 1.50. The van der Waals surface area contributed by atoms with Gasteiger partial charge in [0.2, 0.25) is 0 Å². The molecule has 0 bridgehead atoms. The van der Waals surface area contributed by atoms with Gasteiger partial charge in [-0.1, -0.05) is 0 Å². The Morgan fingerprint density at radius 2 is 2.25 bits per heavy atom. The molecule has 0 aliphatic rings. The summed E-state index contributed by atoms with van der Waals surface area (Å²) in [6.45, 7) is 0. The van der Waals surface area contributed by atoms with Crippen LogP contribution in [0.1, 0.15) is 17.7 Å². The molecule has 0 saturated carbocycles. The minimum atomic E-state index is -2.94. The summed E-state index contributed by atoms with van der Waals surface area (Å²) < 4.78 is 42.2. The van der Waals surface area contributed by atoms with Crippen LogP contribution in [0.5, 0.6) is 0 Å². The molecule has 0 aromatic carbocycles. The topological polar surface area (TPSA) is 39.2 Å². The average Bonchev–Trinajstić information content (AvgIpc) is 2.22. The zero-order chi connectivity index (χ0) is 12.3. The van der Waals surface area contributed by atoms with Crippen LogP contribution in [0.25, 0.3) is 0 Å². The maximum absolute atomic E-state index is 13.2.